The average molecular weight is 426 g/mol. The molecule has 0 bridgehead atoms. The second-order valence-corrected chi connectivity index (χ2v) is 9.22. The SMILES string of the molecule is CO[C@@H]1CN(CC2Cc3cc(F)c(F)cc3C2)CC[C@@H]1n1c(C)nc2cc(C)ccc21. The van der Waals surface area contributed by atoms with E-state index >= 15 is 0 Å². The molecule has 2 heterocycles. The summed E-state index contributed by atoms with van der Waals surface area (Å²) in [5.74, 6) is -0.0593. The smallest absolute Gasteiger partial charge is 0.159 e. The molecule has 0 unspecified atom stereocenters. The van der Waals surface area contributed by atoms with E-state index in [0.29, 0.717) is 5.92 Å². The normalized spacial score (nSPS) is 22.4. The number of fused-ring (bicyclic) bond motifs is 2. The van der Waals surface area contributed by atoms with Gasteiger partial charge in [-0.05, 0) is 80.0 Å². The lowest BCUT2D eigenvalue weighted by atomic mass is 9.98. The molecule has 1 fully saturated rings. The molecule has 0 N–H and O–H groups in total. The lowest BCUT2D eigenvalue weighted by Gasteiger charge is -2.40. The van der Waals surface area contributed by atoms with Crippen LogP contribution < -0.4 is 0 Å². The van der Waals surface area contributed by atoms with E-state index in [1.54, 1.807) is 7.11 Å². The number of piperidine rings is 1. The fourth-order valence-electron chi connectivity index (χ4n) is 5.61. The summed E-state index contributed by atoms with van der Waals surface area (Å²) in [6.45, 7) is 6.91. The Bertz CT molecular complexity index is 1090. The Morgan fingerprint density at radius 2 is 1.77 bits per heavy atom. The first kappa shape index (κ1) is 20.6. The number of methoxy groups -OCH3 is 1. The Morgan fingerprint density at radius 1 is 1.06 bits per heavy atom. The van der Waals surface area contributed by atoms with Crippen molar-refractivity contribution in [2.75, 3.05) is 26.7 Å². The van der Waals surface area contributed by atoms with Gasteiger partial charge >= 0.3 is 0 Å². The average Bonchev–Trinajstić information content (AvgIpc) is 3.26. The number of aromatic nitrogens is 2. The van der Waals surface area contributed by atoms with Crippen LogP contribution in [0.2, 0.25) is 0 Å². The van der Waals surface area contributed by atoms with E-state index in [1.807, 2.05) is 0 Å². The molecular weight excluding hydrogens is 396 g/mol. The van der Waals surface area contributed by atoms with E-state index in [9.17, 15) is 8.78 Å². The molecule has 164 valence electrons. The molecule has 31 heavy (non-hydrogen) atoms. The summed E-state index contributed by atoms with van der Waals surface area (Å²) >= 11 is 0. The van der Waals surface area contributed by atoms with Crippen LogP contribution in [-0.2, 0) is 17.6 Å². The minimum Gasteiger partial charge on any atom is -0.378 e. The number of ether oxygens (including phenoxy) is 1. The van der Waals surface area contributed by atoms with Gasteiger partial charge in [0.25, 0.3) is 0 Å². The molecule has 1 aromatic heterocycles. The molecule has 2 aliphatic rings. The zero-order chi connectivity index (χ0) is 21.7. The Labute approximate surface area is 181 Å². The molecule has 0 amide bonds. The fourth-order valence-corrected chi connectivity index (χ4v) is 5.61. The molecule has 6 heteroatoms. The van der Waals surface area contributed by atoms with Crippen molar-refractivity contribution < 1.29 is 13.5 Å². The largest absolute Gasteiger partial charge is 0.378 e. The molecule has 4 nitrogen and oxygen atoms in total. The van der Waals surface area contributed by atoms with Crippen molar-refractivity contribution in [2.24, 2.45) is 5.92 Å². The van der Waals surface area contributed by atoms with Crippen LogP contribution in [0.4, 0.5) is 8.78 Å². The maximum atomic E-state index is 13.6. The van der Waals surface area contributed by atoms with E-state index in [2.05, 4.69) is 41.5 Å². The summed E-state index contributed by atoms with van der Waals surface area (Å²) < 4.78 is 35.5. The summed E-state index contributed by atoms with van der Waals surface area (Å²) in [6, 6.07) is 9.45. The Morgan fingerprint density at radius 3 is 2.45 bits per heavy atom. The summed E-state index contributed by atoms with van der Waals surface area (Å²) in [5, 5.41) is 0. The summed E-state index contributed by atoms with van der Waals surface area (Å²) in [4.78, 5) is 7.24. The maximum Gasteiger partial charge on any atom is 0.159 e. The van der Waals surface area contributed by atoms with Crippen molar-refractivity contribution in [1.82, 2.24) is 14.5 Å². The highest BCUT2D eigenvalue weighted by atomic mass is 19.2. The van der Waals surface area contributed by atoms with Gasteiger partial charge in [-0.15, -0.1) is 0 Å². The van der Waals surface area contributed by atoms with Crippen molar-refractivity contribution in [3.05, 3.63) is 64.5 Å². The van der Waals surface area contributed by atoms with Crippen LogP contribution in [0.5, 0.6) is 0 Å². The van der Waals surface area contributed by atoms with Gasteiger partial charge in [0.15, 0.2) is 11.6 Å². The number of benzene rings is 2. The molecule has 2 aromatic carbocycles. The van der Waals surface area contributed by atoms with Crippen LogP contribution in [0.15, 0.2) is 30.3 Å². The molecule has 1 aliphatic heterocycles. The molecule has 3 aromatic rings. The van der Waals surface area contributed by atoms with Gasteiger partial charge in [-0.1, -0.05) is 6.07 Å². The van der Waals surface area contributed by atoms with Crippen LogP contribution >= 0.6 is 0 Å². The van der Waals surface area contributed by atoms with Crippen LogP contribution in [0.1, 0.15) is 35.0 Å². The van der Waals surface area contributed by atoms with E-state index in [4.69, 9.17) is 9.72 Å². The van der Waals surface area contributed by atoms with Crippen molar-refractivity contribution in [2.45, 2.75) is 45.3 Å². The number of hydrogen-bond donors (Lipinski definition) is 0. The summed E-state index contributed by atoms with van der Waals surface area (Å²) in [6.07, 6.45) is 2.69. The first-order valence-corrected chi connectivity index (χ1v) is 11.1. The number of nitrogens with zero attached hydrogens (tertiary/aromatic N) is 3. The van der Waals surface area contributed by atoms with E-state index in [-0.39, 0.29) is 12.1 Å². The minimum atomic E-state index is -0.738. The van der Waals surface area contributed by atoms with Crippen LogP contribution in [0.25, 0.3) is 11.0 Å². The molecule has 0 radical (unpaired) electrons. The van der Waals surface area contributed by atoms with E-state index in [1.165, 1.54) is 23.2 Å². The maximum absolute atomic E-state index is 13.6. The summed E-state index contributed by atoms with van der Waals surface area (Å²) in [7, 11) is 1.79. The number of hydrogen-bond acceptors (Lipinski definition) is 3. The van der Waals surface area contributed by atoms with Crippen molar-refractivity contribution in [3.8, 4) is 0 Å². The number of halogens is 2. The molecule has 1 aliphatic carbocycles. The second kappa shape index (κ2) is 7.99. The lowest BCUT2D eigenvalue weighted by molar-refractivity contribution is -0.00928. The van der Waals surface area contributed by atoms with Crippen LogP contribution in [0, 0.1) is 31.4 Å². The van der Waals surface area contributed by atoms with Gasteiger partial charge in [-0.25, -0.2) is 13.8 Å². The van der Waals surface area contributed by atoms with Gasteiger partial charge in [0, 0.05) is 26.7 Å². The zero-order valence-electron chi connectivity index (χ0n) is 18.4. The van der Waals surface area contributed by atoms with Gasteiger partial charge in [0.2, 0.25) is 0 Å². The van der Waals surface area contributed by atoms with Gasteiger partial charge in [-0.2, -0.15) is 0 Å². The predicted molar refractivity (Wildman–Crippen MR) is 117 cm³/mol. The first-order valence-electron chi connectivity index (χ1n) is 11.1. The predicted octanol–water partition coefficient (Wildman–Crippen LogP) is 4.61. The number of aryl methyl sites for hydroxylation is 2. The highest BCUT2D eigenvalue weighted by Crippen LogP contribution is 2.33. The Hall–Kier alpha value is -2.31. The van der Waals surface area contributed by atoms with Gasteiger partial charge in [-0.3, -0.25) is 0 Å². The zero-order valence-corrected chi connectivity index (χ0v) is 18.4. The lowest BCUT2D eigenvalue weighted by Crippen LogP contribution is -2.47. The molecule has 1 saturated heterocycles. The Balaban J connectivity index is 1.30. The van der Waals surface area contributed by atoms with E-state index in [0.717, 1.165) is 61.4 Å². The third-order valence-corrected chi connectivity index (χ3v) is 7.04. The monoisotopic (exact) mass is 425 g/mol. The number of likely N-dealkylation sites (tertiary alicyclic amines) is 1. The quantitative estimate of drug-likeness (QED) is 0.612. The molecular formula is C25H29F2N3O. The van der Waals surface area contributed by atoms with Gasteiger partial charge in [0.1, 0.15) is 5.82 Å². The van der Waals surface area contributed by atoms with Gasteiger partial charge in [0.05, 0.1) is 23.2 Å². The minimum absolute atomic E-state index is 0.0739. The van der Waals surface area contributed by atoms with Crippen molar-refractivity contribution in [1.29, 1.82) is 0 Å². The van der Waals surface area contributed by atoms with Gasteiger partial charge < -0.3 is 14.2 Å². The topological polar surface area (TPSA) is 30.3 Å². The fraction of sp³-hybridized carbons (Fsp3) is 0.480. The van der Waals surface area contributed by atoms with Crippen LogP contribution in [0.3, 0.4) is 0 Å². The number of rotatable bonds is 4. The third-order valence-electron chi connectivity index (χ3n) is 7.04. The molecule has 2 atom stereocenters. The third kappa shape index (κ3) is 3.76. The number of imidazole rings is 1. The molecule has 5 rings (SSSR count). The molecule has 0 saturated carbocycles. The van der Waals surface area contributed by atoms with Crippen molar-refractivity contribution in [3.63, 3.8) is 0 Å². The first-order chi connectivity index (χ1) is 14.9. The van der Waals surface area contributed by atoms with Crippen LogP contribution in [-0.4, -0.2) is 47.3 Å². The standard InChI is InChI=1S/C25H29F2N3O/c1-15-4-5-23-22(8-15)28-16(2)30(23)24-6-7-29(14-25(24)31-3)13-17-9-18-11-20(26)21(27)12-19(18)10-17/h4-5,8,11-12,17,24-25H,6-7,9-10,13-14H2,1-3H3/t24-,25+/m0/s1. The summed E-state index contributed by atoms with van der Waals surface area (Å²) in [5.41, 5.74) is 5.33. The van der Waals surface area contributed by atoms with Crippen molar-refractivity contribution >= 4 is 11.0 Å². The second-order valence-electron chi connectivity index (χ2n) is 9.22. The highest BCUT2D eigenvalue weighted by molar-refractivity contribution is 5.77. The Kier molecular flexibility index (Phi) is 5.30. The van der Waals surface area contributed by atoms with E-state index < -0.39 is 11.6 Å². The molecule has 0 spiro atoms. The highest BCUT2D eigenvalue weighted by Gasteiger charge is 2.34.